The van der Waals surface area contributed by atoms with Crippen molar-refractivity contribution in [3.63, 3.8) is 0 Å². The van der Waals surface area contributed by atoms with Crippen molar-refractivity contribution >= 4 is 0 Å². The number of nitrogens with zero attached hydrogens (tertiary/aromatic N) is 2. The maximum atomic E-state index is 5.71. The molecule has 0 aliphatic heterocycles. The van der Waals surface area contributed by atoms with Gasteiger partial charge >= 0.3 is 0 Å². The van der Waals surface area contributed by atoms with Crippen LogP contribution in [0.25, 0.3) is 0 Å². The summed E-state index contributed by atoms with van der Waals surface area (Å²) < 4.78 is 16.0. The minimum Gasteiger partial charge on any atom is -0.497 e. The molecule has 1 aliphatic rings. The van der Waals surface area contributed by atoms with E-state index in [2.05, 4.69) is 10.1 Å². The van der Waals surface area contributed by atoms with Crippen LogP contribution in [0.1, 0.15) is 36.0 Å². The van der Waals surface area contributed by atoms with Gasteiger partial charge in [0.25, 0.3) is 5.89 Å². The Morgan fingerprint density at radius 3 is 2.95 bits per heavy atom. The molecule has 1 aromatic heterocycles. The van der Waals surface area contributed by atoms with Gasteiger partial charge in [0, 0.05) is 18.0 Å². The van der Waals surface area contributed by atoms with Crippen LogP contribution in [0.4, 0.5) is 0 Å². The first kappa shape index (κ1) is 12.9. The summed E-state index contributed by atoms with van der Waals surface area (Å²) in [6, 6.07) is 5.52. The molecule has 1 saturated carbocycles. The van der Waals surface area contributed by atoms with Gasteiger partial charge < -0.3 is 19.7 Å². The highest BCUT2D eigenvalue weighted by Gasteiger charge is 2.28. The highest BCUT2D eigenvalue weighted by Crippen LogP contribution is 2.38. The molecule has 1 aliphatic carbocycles. The Balaban J connectivity index is 1.67. The summed E-state index contributed by atoms with van der Waals surface area (Å²) in [5.41, 5.74) is 6.59. The number of hydrogen-bond donors (Lipinski definition) is 1. The predicted molar refractivity (Wildman–Crippen MR) is 71.5 cm³/mol. The van der Waals surface area contributed by atoms with Crippen LogP contribution in [0.3, 0.4) is 0 Å². The lowest BCUT2D eigenvalue weighted by Gasteiger charge is -2.10. The third kappa shape index (κ3) is 2.75. The van der Waals surface area contributed by atoms with Crippen molar-refractivity contribution in [1.29, 1.82) is 0 Å². The van der Waals surface area contributed by atoms with E-state index in [1.165, 1.54) is 0 Å². The molecule has 1 heterocycles. The van der Waals surface area contributed by atoms with Gasteiger partial charge in [-0.3, -0.25) is 0 Å². The van der Waals surface area contributed by atoms with E-state index >= 15 is 0 Å². The topological polar surface area (TPSA) is 83.4 Å². The molecule has 0 unspecified atom stereocenters. The van der Waals surface area contributed by atoms with Gasteiger partial charge in [-0.05, 0) is 31.0 Å². The Labute approximate surface area is 116 Å². The van der Waals surface area contributed by atoms with Crippen LogP contribution in [-0.2, 0) is 13.2 Å². The van der Waals surface area contributed by atoms with Crippen molar-refractivity contribution < 1.29 is 14.0 Å². The van der Waals surface area contributed by atoms with E-state index < -0.39 is 0 Å². The summed E-state index contributed by atoms with van der Waals surface area (Å²) in [7, 11) is 1.62. The molecule has 3 rings (SSSR count). The first-order valence-electron chi connectivity index (χ1n) is 6.62. The zero-order valence-electron chi connectivity index (χ0n) is 11.3. The van der Waals surface area contributed by atoms with Crippen LogP contribution < -0.4 is 15.2 Å². The Bertz CT molecular complexity index is 593. The first-order valence-corrected chi connectivity index (χ1v) is 6.62. The minimum absolute atomic E-state index is 0.249. The zero-order valence-corrected chi connectivity index (χ0v) is 11.3. The SMILES string of the molecule is COc1ccc(OCc2nc(C3CC3)no2)c(CN)c1. The Morgan fingerprint density at radius 2 is 2.25 bits per heavy atom. The van der Waals surface area contributed by atoms with Crippen molar-refractivity contribution in [2.24, 2.45) is 5.73 Å². The van der Waals surface area contributed by atoms with Gasteiger partial charge in [-0.1, -0.05) is 5.16 Å². The smallest absolute Gasteiger partial charge is 0.264 e. The van der Waals surface area contributed by atoms with Gasteiger partial charge in [-0.2, -0.15) is 4.98 Å². The fourth-order valence-electron chi connectivity index (χ4n) is 1.96. The quantitative estimate of drug-likeness (QED) is 0.868. The summed E-state index contributed by atoms with van der Waals surface area (Å²) in [6.45, 7) is 0.628. The maximum Gasteiger partial charge on any atom is 0.264 e. The van der Waals surface area contributed by atoms with Crippen LogP contribution in [-0.4, -0.2) is 17.3 Å². The molecule has 20 heavy (non-hydrogen) atoms. The summed E-state index contributed by atoms with van der Waals surface area (Å²) in [5.74, 6) is 3.22. The van der Waals surface area contributed by atoms with Crippen molar-refractivity contribution in [3.05, 3.63) is 35.5 Å². The number of benzene rings is 1. The standard InChI is InChI=1S/C14H17N3O3/c1-18-11-4-5-12(10(6-11)7-15)19-8-13-16-14(17-20-13)9-2-3-9/h4-6,9H,2-3,7-8,15H2,1H3. The van der Waals surface area contributed by atoms with E-state index in [0.29, 0.717) is 24.1 Å². The lowest BCUT2D eigenvalue weighted by atomic mass is 10.2. The molecular formula is C14H17N3O3. The van der Waals surface area contributed by atoms with Crippen LogP contribution in [0, 0.1) is 0 Å². The van der Waals surface area contributed by atoms with Crippen LogP contribution >= 0.6 is 0 Å². The Hall–Kier alpha value is -2.08. The van der Waals surface area contributed by atoms with Gasteiger partial charge in [0.2, 0.25) is 0 Å². The van der Waals surface area contributed by atoms with Crippen molar-refractivity contribution in [3.8, 4) is 11.5 Å². The third-order valence-electron chi connectivity index (χ3n) is 3.27. The molecule has 106 valence electrons. The van der Waals surface area contributed by atoms with E-state index in [1.54, 1.807) is 7.11 Å². The molecule has 2 N–H and O–H groups in total. The lowest BCUT2D eigenvalue weighted by Crippen LogP contribution is -2.03. The number of aromatic nitrogens is 2. The van der Waals surface area contributed by atoms with Crippen molar-refractivity contribution in [2.75, 3.05) is 7.11 Å². The molecule has 6 nitrogen and oxygen atoms in total. The zero-order chi connectivity index (χ0) is 13.9. The highest BCUT2D eigenvalue weighted by atomic mass is 16.5. The number of ether oxygens (including phenoxy) is 2. The molecule has 0 amide bonds. The van der Waals surface area contributed by atoms with Gasteiger partial charge in [0.15, 0.2) is 12.4 Å². The van der Waals surface area contributed by atoms with Crippen LogP contribution in [0.5, 0.6) is 11.5 Å². The minimum atomic E-state index is 0.249. The largest absolute Gasteiger partial charge is 0.497 e. The number of methoxy groups -OCH3 is 1. The number of nitrogens with two attached hydrogens (primary N) is 1. The average molecular weight is 275 g/mol. The van der Waals surface area contributed by atoms with E-state index in [9.17, 15) is 0 Å². The van der Waals surface area contributed by atoms with E-state index in [-0.39, 0.29) is 6.61 Å². The molecule has 0 saturated heterocycles. The fraction of sp³-hybridized carbons (Fsp3) is 0.429. The summed E-state index contributed by atoms with van der Waals surface area (Å²) >= 11 is 0. The van der Waals surface area contributed by atoms with Gasteiger partial charge in [-0.15, -0.1) is 0 Å². The molecule has 1 fully saturated rings. The molecule has 6 heteroatoms. The molecule has 0 radical (unpaired) electrons. The normalized spacial score (nSPS) is 14.3. The molecule has 0 bridgehead atoms. The van der Waals surface area contributed by atoms with Gasteiger partial charge in [0.05, 0.1) is 7.11 Å². The highest BCUT2D eigenvalue weighted by molar-refractivity contribution is 5.40. The van der Waals surface area contributed by atoms with E-state index in [1.807, 2.05) is 18.2 Å². The number of hydrogen-bond acceptors (Lipinski definition) is 6. The van der Waals surface area contributed by atoms with Crippen LogP contribution in [0.15, 0.2) is 22.7 Å². The maximum absolute atomic E-state index is 5.71. The fourth-order valence-corrected chi connectivity index (χ4v) is 1.96. The Kier molecular flexibility index (Phi) is 3.56. The number of rotatable bonds is 6. The molecule has 1 aromatic carbocycles. The summed E-state index contributed by atoms with van der Waals surface area (Å²) in [4.78, 5) is 4.32. The lowest BCUT2D eigenvalue weighted by molar-refractivity contribution is 0.240. The van der Waals surface area contributed by atoms with Crippen molar-refractivity contribution in [1.82, 2.24) is 10.1 Å². The van der Waals surface area contributed by atoms with Gasteiger partial charge in [0.1, 0.15) is 11.5 Å². The summed E-state index contributed by atoms with van der Waals surface area (Å²) in [6.07, 6.45) is 2.30. The Morgan fingerprint density at radius 1 is 1.40 bits per heavy atom. The van der Waals surface area contributed by atoms with E-state index in [0.717, 1.165) is 30.0 Å². The second-order valence-electron chi connectivity index (χ2n) is 4.79. The summed E-state index contributed by atoms with van der Waals surface area (Å²) in [5, 5.41) is 3.95. The van der Waals surface area contributed by atoms with E-state index in [4.69, 9.17) is 19.7 Å². The monoisotopic (exact) mass is 275 g/mol. The van der Waals surface area contributed by atoms with Crippen LogP contribution in [0.2, 0.25) is 0 Å². The average Bonchev–Trinajstić information content (AvgIpc) is 3.24. The molecule has 0 atom stereocenters. The van der Waals surface area contributed by atoms with Gasteiger partial charge in [-0.25, -0.2) is 0 Å². The molecular weight excluding hydrogens is 258 g/mol. The third-order valence-corrected chi connectivity index (χ3v) is 3.27. The molecule has 0 spiro atoms. The van der Waals surface area contributed by atoms with Crippen molar-refractivity contribution in [2.45, 2.75) is 31.9 Å². The second-order valence-corrected chi connectivity index (χ2v) is 4.79. The second kappa shape index (κ2) is 5.50. The molecule has 2 aromatic rings. The predicted octanol–water partition coefficient (Wildman–Crippen LogP) is 1.99. The first-order chi connectivity index (χ1) is 9.80.